The molecule has 0 aromatic carbocycles. The normalized spacial score (nSPS) is 35.1. The van der Waals surface area contributed by atoms with Crippen LogP contribution in [0.5, 0.6) is 0 Å². The van der Waals surface area contributed by atoms with Crippen molar-refractivity contribution in [3.8, 4) is 0 Å². The lowest BCUT2D eigenvalue weighted by molar-refractivity contribution is 0.0973. The van der Waals surface area contributed by atoms with Crippen LogP contribution < -0.4 is 0 Å². The van der Waals surface area contributed by atoms with Crippen LogP contribution in [0.2, 0.25) is 0 Å². The molecule has 0 aromatic rings. The third-order valence-electron chi connectivity index (χ3n) is 2.95. The van der Waals surface area contributed by atoms with Gasteiger partial charge in [-0.15, -0.1) is 0 Å². The molecule has 2 nitrogen and oxygen atoms in total. The Hall–Kier alpha value is -0.790. The molecule has 0 radical (unpaired) electrons. The Morgan fingerprint density at radius 1 is 1.38 bits per heavy atom. The van der Waals surface area contributed by atoms with E-state index in [1.165, 1.54) is 12.8 Å². The predicted molar refractivity (Wildman–Crippen MR) is 53.6 cm³/mol. The summed E-state index contributed by atoms with van der Waals surface area (Å²) in [7, 11) is 0. The lowest BCUT2D eigenvalue weighted by atomic mass is 9.95. The van der Waals surface area contributed by atoms with Crippen LogP contribution >= 0.6 is 0 Å². The van der Waals surface area contributed by atoms with Crippen LogP contribution in [0.3, 0.4) is 0 Å². The highest BCUT2D eigenvalue weighted by Gasteiger charge is 2.35. The van der Waals surface area contributed by atoms with Crippen LogP contribution in [-0.2, 0) is 4.84 Å². The summed E-state index contributed by atoms with van der Waals surface area (Å²) < 4.78 is 0. The first kappa shape index (κ1) is 8.79. The largest absolute Gasteiger partial charge is 0.396 e. The highest BCUT2D eigenvalue weighted by molar-refractivity contribution is 5.78. The predicted octanol–water partition coefficient (Wildman–Crippen LogP) is 2.61. The van der Waals surface area contributed by atoms with E-state index in [1.807, 2.05) is 13.8 Å². The Morgan fingerprint density at radius 3 is 2.77 bits per heavy atom. The van der Waals surface area contributed by atoms with Crippen molar-refractivity contribution in [3.05, 3.63) is 12.2 Å². The van der Waals surface area contributed by atoms with Crippen molar-refractivity contribution >= 4 is 5.71 Å². The quantitative estimate of drug-likeness (QED) is 0.371. The second-order valence-electron chi connectivity index (χ2n) is 4.37. The van der Waals surface area contributed by atoms with Gasteiger partial charge in [-0.1, -0.05) is 17.3 Å². The van der Waals surface area contributed by atoms with E-state index in [2.05, 4.69) is 17.3 Å². The number of hydrogen-bond acceptors (Lipinski definition) is 2. The molecule has 3 atom stereocenters. The molecule has 2 heteroatoms. The molecule has 0 N–H and O–H groups in total. The minimum Gasteiger partial charge on any atom is -0.396 e. The fraction of sp³-hybridized carbons (Fsp3) is 0.727. The summed E-state index contributed by atoms with van der Waals surface area (Å²) in [6, 6.07) is 0. The van der Waals surface area contributed by atoms with Crippen LogP contribution in [0.1, 0.15) is 26.7 Å². The Bertz CT molecular complexity index is 240. The zero-order chi connectivity index (χ0) is 9.26. The summed E-state index contributed by atoms with van der Waals surface area (Å²) >= 11 is 0. The molecular formula is C11H17NO. The van der Waals surface area contributed by atoms with Gasteiger partial charge in [0.1, 0.15) is 6.61 Å². The van der Waals surface area contributed by atoms with E-state index in [0.717, 1.165) is 30.1 Å². The van der Waals surface area contributed by atoms with Crippen molar-refractivity contribution in [2.24, 2.45) is 22.9 Å². The molecule has 0 unspecified atom stereocenters. The fourth-order valence-corrected chi connectivity index (χ4v) is 2.35. The summed E-state index contributed by atoms with van der Waals surface area (Å²) in [4.78, 5) is 5.29. The molecular weight excluding hydrogens is 162 g/mol. The van der Waals surface area contributed by atoms with Gasteiger partial charge in [0.25, 0.3) is 0 Å². The van der Waals surface area contributed by atoms with Crippen LogP contribution in [0.25, 0.3) is 0 Å². The van der Waals surface area contributed by atoms with Gasteiger partial charge in [0.05, 0.1) is 5.71 Å². The second-order valence-corrected chi connectivity index (χ2v) is 4.37. The first-order chi connectivity index (χ1) is 6.25. The summed E-state index contributed by atoms with van der Waals surface area (Å²) in [6.45, 7) is 4.72. The number of allylic oxidation sites excluding steroid dienone is 2. The SMILES string of the molecule is CC(C)=NOC[C@@H]1C[C@@H]2C=C[C@H]1C2. The number of nitrogens with zero attached hydrogens (tertiary/aromatic N) is 1. The average Bonchev–Trinajstić information content (AvgIpc) is 2.64. The maximum absolute atomic E-state index is 5.29. The average molecular weight is 179 g/mol. The minimum atomic E-state index is 0.720. The first-order valence-corrected chi connectivity index (χ1v) is 5.07. The molecule has 1 fully saturated rings. The highest BCUT2D eigenvalue weighted by Crippen LogP contribution is 2.43. The first-order valence-electron chi connectivity index (χ1n) is 5.07. The van der Waals surface area contributed by atoms with Gasteiger partial charge in [-0.05, 0) is 38.5 Å². The fourth-order valence-electron chi connectivity index (χ4n) is 2.35. The molecule has 2 bridgehead atoms. The van der Waals surface area contributed by atoms with Gasteiger partial charge in [0, 0.05) is 5.92 Å². The van der Waals surface area contributed by atoms with Crippen LogP contribution in [-0.4, -0.2) is 12.3 Å². The van der Waals surface area contributed by atoms with Crippen LogP contribution in [0.4, 0.5) is 0 Å². The number of oxime groups is 1. The monoisotopic (exact) mass is 179 g/mol. The van der Waals surface area contributed by atoms with Crippen LogP contribution in [0.15, 0.2) is 17.3 Å². The Morgan fingerprint density at radius 2 is 2.23 bits per heavy atom. The lowest BCUT2D eigenvalue weighted by Gasteiger charge is -2.15. The van der Waals surface area contributed by atoms with E-state index in [4.69, 9.17) is 4.84 Å². The third kappa shape index (κ3) is 1.93. The van der Waals surface area contributed by atoms with E-state index >= 15 is 0 Å². The maximum atomic E-state index is 5.29. The lowest BCUT2D eigenvalue weighted by Crippen LogP contribution is -2.13. The van der Waals surface area contributed by atoms with Gasteiger partial charge in [-0.3, -0.25) is 0 Å². The summed E-state index contributed by atoms with van der Waals surface area (Å²) in [5, 5.41) is 3.96. The zero-order valence-corrected chi connectivity index (χ0v) is 8.36. The summed E-state index contributed by atoms with van der Waals surface area (Å²) in [6.07, 6.45) is 7.36. The van der Waals surface area contributed by atoms with Gasteiger partial charge < -0.3 is 4.84 Å². The summed E-state index contributed by atoms with van der Waals surface area (Å²) in [5.74, 6) is 2.33. The number of fused-ring (bicyclic) bond motifs is 2. The number of hydrogen-bond donors (Lipinski definition) is 0. The van der Waals surface area contributed by atoms with Crippen LogP contribution in [0, 0.1) is 17.8 Å². The maximum Gasteiger partial charge on any atom is 0.120 e. The van der Waals surface area contributed by atoms with Crippen molar-refractivity contribution in [1.29, 1.82) is 0 Å². The van der Waals surface area contributed by atoms with Gasteiger partial charge >= 0.3 is 0 Å². The highest BCUT2D eigenvalue weighted by atomic mass is 16.6. The molecule has 0 amide bonds. The smallest absolute Gasteiger partial charge is 0.120 e. The van der Waals surface area contributed by atoms with E-state index in [9.17, 15) is 0 Å². The molecule has 0 aliphatic heterocycles. The molecule has 1 saturated carbocycles. The third-order valence-corrected chi connectivity index (χ3v) is 2.95. The van der Waals surface area contributed by atoms with E-state index in [0.29, 0.717) is 0 Å². The van der Waals surface area contributed by atoms with E-state index in [-0.39, 0.29) is 0 Å². The Balaban J connectivity index is 1.78. The van der Waals surface area contributed by atoms with Crippen molar-refractivity contribution in [3.63, 3.8) is 0 Å². The molecule has 2 aliphatic carbocycles. The molecule has 72 valence electrons. The Labute approximate surface area is 79.7 Å². The second kappa shape index (κ2) is 3.52. The van der Waals surface area contributed by atoms with Gasteiger partial charge in [-0.2, -0.15) is 0 Å². The molecule has 2 rings (SSSR count). The molecule has 2 aliphatic rings. The van der Waals surface area contributed by atoms with E-state index < -0.39 is 0 Å². The van der Waals surface area contributed by atoms with Crippen molar-refractivity contribution < 1.29 is 4.84 Å². The van der Waals surface area contributed by atoms with Crippen molar-refractivity contribution in [1.82, 2.24) is 0 Å². The number of rotatable bonds is 3. The van der Waals surface area contributed by atoms with Gasteiger partial charge in [-0.25, -0.2) is 0 Å². The molecule has 0 aromatic heterocycles. The molecule has 0 spiro atoms. The topological polar surface area (TPSA) is 21.6 Å². The van der Waals surface area contributed by atoms with Crippen molar-refractivity contribution in [2.75, 3.05) is 6.61 Å². The zero-order valence-electron chi connectivity index (χ0n) is 8.36. The summed E-state index contributed by atoms with van der Waals surface area (Å²) in [5.41, 5.74) is 0.999. The van der Waals surface area contributed by atoms with Gasteiger partial charge in [0.2, 0.25) is 0 Å². The molecule has 0 heterocycles. The molecule has 0 saturated heterocycles. The molecule has 13 heavy (non-hydrogen) atoms. The Kier molecular flexibility index (Phi) is 2.38. The van der Waals surface area contributed by atoms with Gasteiger partial charge in [0.15, 0.2) is 0 Å². The van der Waals surface area contributed by atoms with Crippen molar-refractivity contribution in [2.45, 2.75) is 26.7 Å². The minimum absolute atomic E-state index is 0.720. The standard InChI is InChI=1S/C11H17NO/c1-8(2)12-13-7-11-6-9-3-4-10(11)5-9/h3-4,9-11H,5-7H2,1-2H3/t9-,10+,11+/m1/s1. The van der Waals surface area contributed by atoms with E-state index in [1.54, 1.807) is 0 Å².